The molecule has 0 saturated carbocycles. The van der Waals surface area contributed by atoms with Crippen molar-refractivity contribution in [2.75, 3.05) is 7.11 Å². The summed E-state index contributed by atoms with van der Waals surface area (Å²) in [5, 5.41) is 0. The van der Waals surface area contributed by atoms with Crippen LogP contribution in [-0.4, -0.2) is 34.4 Å². The number of hydrogen-bond donors (Lipinski definition) is 0. The molecule has 1 heterocycles. The Morgan fingerprint density at radius 2 is 1.74 bits per heavy atom. The fourth-order valence-corrected chi connectivity index (χ4v) is 2.29. The molecule has 0 unspecified atom stereocenters. The second kappa shape index (κ2) is 7.42. The van der Waals surface area contributed by atoms with Crippen molar-refractivity contribution >= 4 is 11.9 Å². The Kier molecular flexibility index (Phi) is 5.62. The van der Waals surface area contributed by atoms with Crippen molar-refractivity contribution < 1.29 is 31.9 Å². The van der Waals surface area contributed by atoms with Crippen molar-refractivity contribution in [1.29, 1.82) is 0 Å². The first-order chi connectivity index (χ1) is 12.4. The molecule has 0 aliphatic rings. The van der Waals surface area contributed by atoms with E-state index in [4.69, 9.17) is 4.42 Å². The third-order valence-electron chi connectivity index (χ3n) is 3.75. The summed E-state index contributed by atoms with van der Waals surface area (Å²) in [5.74, 6) is -1.07. The smallest absolute Gasteiger partial charge is 0.416 e. The first kappa shape index (κ1) is 20.5. The molecular weight excluding hydrogens is 365 g/mol. The SMILES string of the molecule is COC(=O)c1coc(CN(C(=O)c2ccc(C(F)(F)F)cc2)C(C)(C)C)n1. The minimum Gasteiger partial charge on any atom is -0.464 e. The molecule has 0 aliphatic carbocycles. The molecular formula is C18H19F3N2O4. The highest BCUT2D eigenvalue weighted by Gasteiger charge is 2.32. The van der Waals surface area contributed by atoms with E-state index >= 15 is 0 Å². The second-order valence-electron chi connectivity index (χ2n) is 6.76. The van der Waals surface area contributed by atoms with Gasteiger partial charge in [0.05, 0.1) is 19.2 Å². The van der Waals surface area contributed by atoms with Crippen molar-refractivity contribution in [2.24, 2.45) is 0 Å². The highest BCUT2D eigenvalue weighted by atomic mass is 19.4. The molecule has 9 heteroatoms. The van der Waals surface area contributed by atoms with E-state index in [1.54, 1.807) is 20.8 Å². The minimum absolute atomic E-state index is 0.0386. The van der Waals surface area contributed by atoms with Gasteiger partial charge in [-0.15, -0.1) is 0 Å². The Labute approximate surface area is 153 Å². The van der Waals surface area contributed by atoms with Crippen molar-refractivity contribution in [2.45, 2.75) is 39.0 Å². The number of carbonyl (C=O) groups is 2. The number of carbonyl (C=O) groups excluding carboxylic acids is 2. The van der Waals surface area contributed by atoms with Crippen molar-refractivity contribution in [3.05, 3.63) is 53.2 Å². The zero-order valence-electron chi connectivity index (χ0n) is 15.3. The van der Waals surface area contributed by atoms with Gasteiger partial charge in [0, 0.05) is 11.1 Å². The lowest BCUT2D eigenvalue weighted by Crippen LogP contribution is -2.45. The molecule has 0 bridgehead atoms. The van der Waals surface area contributed by atoms with Crippen LogP contribution < -0.4 is 0 Å². The Morgan fingerprint density at radius 1 is 1.15 bits per heavy atom. The molecule has 0 N–H and O–H groups in total. The normalized spacial score (nSPS) is 12.0. The minimum atomic E-state index is -4.48. The molecule has 1 aromatic carbocycles. The zero-order valence-corrected chi connectivity index (χ0v) is 15.3. The maximum absolute atomic E-state index is 12.8. The number of hydrogen-bond acceptors (Lipinski definition) is 5. The van der Waals surface area contributed by atoms with Gasteiger partial charge in [0.2, 0.25) is 5.89 Å². The van der Waals surface area contributed by atoms with Crippen LogP contribution in [0.1, 0.15) is 53.1 Å². The number of rotatable bonds is 4. The largest absolute Gasteiger partial charge is 0.464 e. The third kappa shape index (κ3) is 4.87. The van der Waals surface area contributed by atoms with Gasteiger partial charge in [-0.1, -0.05) is 0 Å². The van der Waals surface area contributed by atoms with Gasteiger partial charge >= 0.3 is 12.1 Å². The average molecular weight is 384 g/mol. The predicted octanol–water partition coefficient (Wildman–Crippen LogP) is 3.92. The second-order valence-corrected chi connectivity index (χ2v) is 6.76. The summed E-state index contributed by atoms with van der Waals surface area (Å²) < 4.78 is 47.8. The first-order valence-electron chi connectivity index (χ1n) is 7.95. The van der Waals surface area contributed by atoms with Crippen LogP contribution in [0.4, 0.5) is 13.2 Å². The molecule has 0 fully saturated rings. The number of nitrogens with zero attached hydrogens (tertiary/aromatic N) is 2. The number of methoxy groups -OCH3 is 1. The Bertz CT molecular complexity index is 820. The number of alkyl halides is 3. The van der Waals surface area contributed by atoms with E-state index in [1.165, 1.54) is 12.0 Å². The Balaban J connectivity index is 2.27. The fourth-order valence-electron chi connectivity index (χ4n) is 2.29. The van der Waals surface area contributed by atoms with Crippen LogP contribution in [-0.2, 0) is 17.5 Å². The van der Waals surface area contributed by atoms with Crippen LogP contribution in [0.5, 0.6) is 0 Å². The van der Waals surface area contributed by atoms with Gasteiger partial charge in [0.15, 0.2) is 5.69 Å². The lowest BCUT2D eigenvalue weighted by molar-refractivity contribution is -0.137. The molecule has 1 aromatic heterocycles. The molecule has 2 aromatic rings. The van der Waals surface area contributed by atoms with Gasteiger partial charge in [0.25, 0.3) is 5.91 Å². The van der Waals surface area contributed by atoms with E-state index in [0.717, 1.165) is 30.5 Å². The molecule has 27 heavy (non-hydrogen) atoms. The van der Waals surface area contributed by atoms with Crippen LogP contribution >= 0.6 is 0 Å². The van der Waals surface area contributed by atoms with Crippen LogP contribution in [0.3, 0.4) is 0 Å². The molecule has 146 valence electrons. The zero-order chi connectivity index (χ0) is 20.4. The molecule has 6 nitrogen and oxygen atoms in total. The number of ether oxygens (including phenoxy) is 1. The highest BCUT2D eigenvalue weighted by Crippen LogP contribution is 2.29. The van der Waals surface area contributed by atoms with E-state index in [2.05, 4.69) is 9.72 Å². The van der Waals surface area contributed by atoms with E-state index in [9.17, 15) is 22.8 Å². The molecule has 1 amide bonds. The van der Waals surface area contributed by atoms with Gasteiger partial charge in [-0.3, -0.25) is 4.79 Å². The van der Waals surface area contributed by atoms with E-state index in [0.29, 0.717) is 0 Å². The summed E-state index contributed by atoms with van der Waals surface area (Å²) in [6, 6.07) is 3.96. The van der Waals surface area contributed by atoms with Crippen LogP contribution in [0.25, 0.3) is 0 Å². The van der Waals surface area contributed by atoms with Crippen LogP contribution in [0, 0.1) is 0 Å². The topological polar surface area (TPSA) is 72.6 Å². The summed E-state index contributed by atoms with van der Waals surface area (Å²) in [5.41, 5.74) is -1.46. The molecule has 0 atom stereocenters. The molecule has 0 saturated heterocycles. The van der Waals surface area contributed by atoms with Crippen molar-refractivity contribution in [1.82, 2.24) is 9.88 Å². The first-order valence-corrected chi connectivity index (χ1v) is 7.95. The van der Waals surface area contributed by atoms with Gasteiger partial charge < -0.3 is 14.1 Å². The number of benzene rings is 1. The number of amides is 1. The van der Waals surface area contributed by atoms with E-state index < -0.39 is 29.2 Å². The maximum atomic E-state index is 12.8. The molecule has 0 spiro atoms. The Morgan fingerprint density at radius 3 is 2.22 bits per heavy atom. The van der Waals surface area contributed by atoms with E-state index in [-0.39, 0.29) is 23.7 Å². The maximum Gasteiger partial charge on any atom is 0.416 e. The summed E-state index contributed by atoms with van der Waals surface area (Å²) >= 11 is 0. The Hall–Kier alpha value is -2.84. The lowest BCUT2D eigenvalue weighted by atomic mass is 10.0. The molecule has 0 aliphatic heterocycles. The summed E-state index contributed by atoms with van der Waals surface area (Å²) in [6.07, 6.45) is -3.36. The molecule has 2 rings (SSSR count). The number of aromatic nitrogens is 1. The van der Waals surface area contributed by atoms with Crippen LogP contribution in [0.15, 0.2) is 34.9 Å². The third-order valence-corrected chi connectivity index (χ3v) is 3.75. The highest BCUT2D eigenvalue weighted by molar-refractivity contribution is 5.94. The van der Waals surface area contributed by atoms with Gasteiger partial charge in [-0.05, 0) is 45.0 Å². The average Bonchev–Trinajstić information content (AvgIpc) is 3.05. The number of esters is 1. The fraction of sp³-hybridized carbons (Fsp3) is 0.389. The summed E-state index contributed by atoms with van der Waals surface area (Å²) in [4.78, 5) is 29.7. The van der Waals surface area contributed by atoms with Crippen molar-refractivity contribution in [3.8, 4) is 0 Å². The van der Waals surface area contributed by atoms with Gasteiger partial charge in [0.1, 0.15) is 6.26 Å². The summed E-state index contributed by atoms with van der Waals surface area (Å²) in [6.45, 7) is 5.22. The predicted molar refractivity (Wildman–Crippen MR) is 88.9 cm³/mol. The number of oxazole rings is 1. The van der Waals surface area contributed by atoms with Gasteiger partial charge in [-0.2, -0.15) is 13.2 Å². The monoisotopic (exact) mass is 384 g/mol. The molecule has 0 radical (unpaired) electrons. The van der Waals surface area contributed by atoms with E-state index in [1.807, 2.05) is 0 Å². The number of halogens is 3. The van der Waals surface area contributed by atoms with Crippen molar-refractivity contribution in [3.63, 3.8) is 0 Å². The quantitative estimate of drug-likeness (QED) is 0.747. The lowest BCUT2D eigenvalue weighted by Gasteiger charge is -2.35. The standard InChI is InChI=1S/C18H19F3N2O4/c1-17(2,3)23(9-14-22-13(10-27-14)16(25)26-4)15(24)11-5-7-12(8-6-11)18(19,20)21/h5-8,10H,9H2,1-4H3. The van der Waals surface area contributed by atoms with Gasteiger partial charge in [-0.25, -0.2) is 9.78 Å². The van der Waals surface area contributed by atoms with Crippen LogP contribution in [0.2, 0.25) is 0 Å². The summed E-state index contributed by atoms with van der Waals surface area (Å²) in [7, 11) is 1.20.